The molecule has 1 saturated heterocycles. The van der Waals surface area contributed by atoms with Gasteiger partial charge in [-0.3, -0.25) is 4.79 Å². The molecular formula is C18H19NO. The van der Waals surface area contributed by atoms with Gasteiger partial charge in [-0.15, -0.1) is 0 Å². The van der Waals surface area contributed by atoms with Gasteiger partial charge >= 0.3 is 0 Å². The Kier molecular flexibility index (Phi) is 3.93. The van der Waals surface area contributed by atoms with Crippen molar-refractivity contribution < 1.29 is 4.79 Å². The summed E-state index contributed by atoms with van der Waals surface area (Å²) >= 11 is 0. The smallest absolute Gasteiger partial charge is 0.154 e. The monoisotopic (exact) mass is 265 g/mol. The molecule has 0 saturated carbocycles. The van der Waals surface area contributed by atoms with Crippen LogP contribution >= 0.6 is 0 Å². The van der Waals surface area contributed by atoms with E-state index in [-0.39, 0.29) is 12.0 Å². The van der Waals surface area contributed by atoms with Crippen molar-refractivity contribution in [3.63, 3.8) is 0 Å². The van der Waals surface area contributed by atoms with Crippen LogP contribution in [0.2, 0.25) is 0 Å². The van der Waals surface area contributed by atoms with Crippen LogP contribution in [0, 0.1) is 5.92 Å². The largest absolute Gasteiger partial charge is 0.306 e. The minimum Gasteiger partial charge on any atom is -0.306 e. The maximum atomic E-state index is 12.5. The molecule has 2 aromatic carbocycles. The summed E-state index contributed by atoms with van der Waals surface area (Å²) in [4.78, 5) is 12.5. The quantitative estimate of drug-likeness (QED) is 0.920. The molecule has 2 aromatic rings. The van der Waals surface area contributed by atoms with Crippen molar-refractivity contribution in [2.24, 2.45) is 5.92 Å². The number of nitrogens with one attached hydrogen (secondary N) is 1. The number of carbonyl (C=O) groups excluding carboxylic acids is 1. The standard InChI is InChI=1S/C18H19NO/c20-18-16(11-14-7-3-1-4-8-14)13-19-17(18)12-15-9-5-2-6-10-15/h1-10,16-17,19H,11-13H2. The third-order valence-corrected chi connectivity index (χ3v) is 3.96. The van der Waals surface area contributed by atoms with Crippen LogP contribution in [0.15, 0.2) is 60.7 Å². The van der Waals surface area contributed by atoms with E-state index in [2.05, 4.69) is 29.6 Å². The molecule has 2 unspecified atom stereocenters. The van der Waals surface area contributed by atoms with Crippen LogP contribution in [-0.2, 0) is 17.6 Å². The van der Waals surface area contributed by atoms with Gasteiger partial charge in [0.2, 0.25) is 0 Å². The number of ketones is 1. The zero-order valence-electron chi connectivity index (χ0n) is 11.5. The van der Waals surface area contributed by atoms with Gasteiger partial charge in [-0.25, -0.2) is 0 Å². The molecule has 0 radical (unpaired) electrons. The predicted octanol–water partition coefficient (Wildman–Crippen LogP) is 2.63. The third-order valence-electron chi connectivity index (χ3n) is 3.96. The highest BCUT2D eigenvalue weighted by atomic mass is 16.1. The van der Waals surface area contributed by atoms with Crippen LogP contribution in [0.1, 0.15) is 11.1 Å². The zero-order chi connectivity index (χ0) is 13.8. The summed E-state index contributed by atoms with van der Waals surface area (Å²) in [6, 6.07) is 20.5. The summed E-state index contributed by atoms with van der Waals surface area (Å²) in [6.45, 7) is 0.797. The Morgan fingerprint density at radius 2 is 1.40 bits per heavy atom. The molecule has 2 nitrogen and oxygen atoms in total. The topological polar surface area (TPSA) is 29.1 Å². The second kappa shape index (κ2) is 6.02. The fourth-order valence-electron chi connectivity index (χ4n) is 2.86. The molecule has 0 spiro atoms. The lowest BCUT2D eigenvalue weighted by molar-refractivity contribution is -0.121. The van der Waals surface area contributed by atoms with Crippen LogP contribution < -0.4 is 5.32 Å². The van der Waals surface area contributed by atoms with E-state index in [9.17, 15) is 4.79 Å². The van der Waals surface area contributed by atoms with Crippen LogP contribution in [0.3, 0.4) is 0 Å². The Hall–Kier alpha value is -1.93. The van der Waals surface area contributed by atoms with Crippen LogP contribution in [0.5, 0.6) is 0 Å². The van der Waals surface area contributed by atoms with Crippen LogP contribution in [-0.4, -0.2) is 18.4 Å². The molecule has 102 valence electrons. The second-order valence-electron chi connectivity index (χ2n) is 5.44. The average molecular weight is 265 g/mol. The van der Waals surface area contributed by atoms with Crippen molar-refractivity contribution in [2.75, 3.05) is 6.54 Å². The average Bonchev–Trinajstić information content (AvgIpc) is 2.83. The first-order valence-corrected chi connectivity index (χ1v) is 7.18. The van der Waals surface area contributed by atoms with E-state index in [0.717, 1.165) is 19.4 Å². The number of Topliss-reactive ketones (excluding diaryl/α,β-unsaturated/α-hetero) is 1. The number of benzene rings is 2. The van der Waals surface area contributed by atoms with E-state index < -0.39 is 0 Å². The minimum atomic E-state index is -0.0221. The van der Waals surface area contributed by atoms with Gasteiger partial charge in [-0.05, 0) is 24.0 Å². The molecule has 0 amide bonds. The second-order valence-corrected chi connectivity index (χ2v) is 5.44. The number of carbonyl (C=O) groups is 1. The van der Waals surface area contributed by atoms with Crippen molar-refractivity contribution in [1.29, 1.82) is 0 Å². The van der Waals surface area contributed by atoms with Gasteiger partial charge in [0.1, 0.15) is 0 Å². The lowest BCUT2D eigenvalue weighted by Gasteiger charge is -2.10. The summed E-state index contributed by atoms with van der Waals surface area (Å²) in [5.74, 6) is 0.476. The summed E-state index contributed by atoms with van der Waals surface area (Å²) in [7, 11) is 0. The Morgan fingerprint density at radius 3 is 2.00 bits per heavy atom. The van der Waals surface area contributed by atoms with E-state index in [1.165, 1.54) is 11.1 Å². The Morgan fingerprint density at radius 1 is 0.850 bits per heavy atom. The van der Waals surface area contributed by atoms with E-state index in [1.807, 2.05) is 36.4 Å². The van der Waals surface area contributed by atoms with E-state index >= 15 is 0 Å². The van der Waals surface area contributed by atoms with E-state index in [4.69, 9.17) is 0 Å². The number of hydrogen-bond donors (Lipinski definition) is 1. The molecule has 1 N–H and O–H groups in total. The van der Waals surface area contributed by atoms with Gasteiger partial charge in [-0.1, -0.05) is 60.7 Å². The SMILES string of the molecule is O=C1C(Cc2ccccc2)CNC1Cc1ccccc1. The normalized spacial score (nSPS) is 22.1. The van der Waals surface area contributed by atoms with Crippen molar-refractivity contribution in [1.82, 2.24) is 5.32 Å². The molecule has 1 fully saturated rings. The van der Waals surface area contributed by atoms with Crippen molar-refractivity contribution in [3.05, 3.63) is 71.8 Å². The van der Waals surface area contributed by atoms with Gasteiger partial charge in [0.25, 0.3) is 0 Å². The molecule has 1 aliphatic rings. The fourth-order valence-corrected chi connectivity index (χ4v) is 2.86. The maximum Gasteiger partial charge on any atom is 0.154 e. The predicted molar refractivity (Wildman–Crippen MR) is 80.6 cm³/mol. The fraction of sp³-hybridized carbons (Fsp3) is 0.278. The molecule has 2 atom stereocenters. The van der Waals surface area contributed by atoms with Gasteiger partial charge in [-0.2, -0.15) is 0 Å². The van der Waals surface area contributed by atoms with Gasteiger partial charge < -0.3 is 5.32 Å². The van der Waals surface area contributed by atoms with Crippen molar-refractivity contribution in [3.8, 4) is 0 Å². The lowest BCUT2D eigenvalue weighted by atomic mass is 9.93. The van der Waals surface area contributed by atoms with Crippen molar-refractivity contribution >= 4 is 5.78 Å². The molecule has 1 heterocycles. The lowest BCUT2D eigenvalue weighted by Crippen LogP contribution is -2.29. The summed E-state index contributed by atoms with van der Waals surface area (Å²) in [6.07, 6.45) is 1.64. The highest BCUT2D eigenvalue weighted by Gasteiger charge is 2.33. The summed E-state index contributed by atoms with van der Waals surface area (Å²) in [5, 5.41) is 3.38. The third kappa shape index (κ3) is 2.97. The van der Waals surface area contributed by atoms with Gasteiger partial charge in [0, 0.05) is 12.5 Å². The summed E-state index contributed by atoms with van der Waals surface area (Å²) < 4.78 is 0. The molecule has 0 aromatic heterocycles. The molecule has 0 aliphatic carbocycles. The number of hydrogen-bond acceptors (Lipinski definition) is 2. The van der Waals surface area contributed by atoms with Crippen LogP contribution in [0.25, 0.3) is 0 Å². The first-order valence-electron chi connectivity index (χ1n) is 7.18. The summed E-state index contributed by atoms with van der Waals surface area (Å²) in [5.41, 5.74) is 2.46. The molecule has 20 heavy (non-hydrogen) atoms. The van der Waals surface area contributed by atoms with E-state index in [1.54, 1.807) is 0 Å². The first-order chi connectivity index (χ1) is 9.83. The molecule has 2 heteroatoms. The molecule has 1 aliphatic heterocycles. The molecule has 3 rings (SSSR count). The Balaban J connectivity index is 1.62. The highest BCUT2D eigenvalue weighted by molar-refractivity contribution is 5.89. The highest BCUT2D eigenvalue weighted by Crippen LogP contribution is 2.18. The first kappa shape index (κ1) is 13.1. The van der Waals surface area contributed by atoms with Gasteiger partial charge in [0.15, 0.2) is 5.78 Å². The minimum absolute atomic E-state index is 0.0221. The number of rotatable bonds is 4. The Bertz CT molecular complexity index is 513. The van der Waals surface area contributed by atoms with Gasteiger partial charge in [0.05, 0.1) is 6.04 Å². The maximum absolute atomic E-state index is 12.5. The molecular weight excluding hydrogens is 246 g/mol. The van der Waals surface area contributed by atoms with Crippen molar-refractivity contribution in [2.45, 2.75) is 18.9 Å². The Labute approximate surface area is 119 Å². The van der Waals surface area contributed by atoms with Crippen LogP contribution in [0.4, 0.5) is 0 Å². The zero-order valence-corrected chi connectivity index (χ0v) is 11.5. The molecule has 0 bridgehead atoms. The van der Waals surface area contributed by atoms with E-state index in [0.29, 0.717) is 5.78 Å².